The summed E-state index contributed by atoms with van der Waals surface area (Å²) in [7, 11) is 0. The van der Waals surface area contributed by atoms with Gasteiger partial charge < -0.3 is 0 Å². The molecule has 0 fully saturated rings. The maximum Gasteiger partial charge on any atom is 0.0300 e. The average molecular weight is 281 g/mol. The average Bonchev–Trinajstić information content (AvgIpc) is 2.27. The Hall–Kier alpha value is -0.560. The van der Waals surface area contributed by atoms with Crippen LogP contribution in [0.2, 0.25) is 0 Å². The molecular formula is C15H21Br. The standard InChI is InChI=1S/C15H21Br/c1-5-15(3,4)14-10-8-13(9-11-14)7-6-12(2)16/h6-12H,5H2,1-4H3. The zero-order chi connectivity index (χ0) is 12.2. The van der Waals surface area contributed by atoms with E-state index in [4.69, 9.17) is 0 Å². The highest BCUT2D eigenvalue weighted by Crippen LogP contribution is 2.26. The Balaban J connectivity index is 2.83. The van der Waals surface area contributed by atoms with Crippen molar-refractivity contribution in [2.24, 2.45) is 0 Å². The van der Waals surface area contributed by atoms with Gasteiger partial charge in [0.1, 0.15) is 0 Å². The SMILES string of the molecule is CCC(C)(C)c1ccc(C=CC(C)Br)cc1. The van der Waals surface area contributed by atoms with E-state index in [-0.39, 0.29) is 5.41 Å². The molecule has 1 aromatic rings. The highest BCUT2D eigenvalue weighted by molar-refractivity contribution is 9.09. The van der Waals surface area contributed by atoms with Crippen molar-refractivity contribution in [3.63, 3.8) is 0 Å². The molecule has 1 unspecified atom stereocenters. The van der Waals surface area contributed by atoms with Crippen LogP contribution in [0.3, 0.4) is 0 Å². The number of halogens is 1. The Bertz CT molecular complexity index is 344. The van der Waals surface area contributed by atoms with E-state index in [2.05, 4.69) is 80.0 Å². The molecule has 0 heterocycles. The minimum atomic E-state index is 0.283. The van der Waals surface area contributed by atoms with Gasteiger partial charge in [0.15, 0.2) is 0 Å². The Morgan fingerprint density at radius 3 is 2.25 bits per heavy atom. The summed E-state index contributed by atoms with van der Waals surface area (Å²) in [6.07, 6.45) is 5.47. The fourth-order valence-corrected chi connectivity index (χ4v) is 1.65. The molecule has 16 heavy (non-hydrogen) atoms. The van der Waals surface area contributed by atoms with Crippen LogP contribution in [0.25, 0.3) is 6.08 Å². The van der Waals surface area contributed by atoms with Gasteiger partial charge in [-0.15, -0.1) is 0 Å². The molecule has 88 valence electrons. The van der Waals surface area contributed by atoms with Gasteiger partial charge in [-0.1, -0.05) is 73.1 Å². The molecule has 0 radical (unpaired) electrons. The number of rotatable bonds is 4. The second kappa shape index (κ2) is 5.67. The van der Waals surface area contributed by atoms with E-state index in [1.165, 1.54) is 17.5 Å². The molecule has 0 aliphatic heterocycles. The van der Waals surface area contributed by atoms with Crippen molar-refractivity contribution in [2.75, 3.05) is 0 Å². The lowest BCUT2D eigenvalue weighted by Gasteiger charge is -2.23. The van der Waals surface area contributed by atoms with Crippen LogP contribution in [-0.2, 0) is 5.41 Å². The second-order valence-electron chi connectivity index (χ2n) is 4.90. The smallest absolute Gasteiger partial charge is 0.0300 e. The van der Waals surface area contributed by atoms with Crippen molar-refractivity contribution < 1.29 is 0 Å². The van der Waals surface area contributed by atoms with Crippen LogP contribution in [0.4, 0.5) is 0 Å². The second-order valence-corrected chi connectivity index (χ2v) is 6.34. The van der Waals surface area contributed by atoms with Crippen molar-refractivity contribution in [3.05, 3.63) is 41.5 Å². The first-order chi connectivity index (χ1) is 7.45. The number of benzene rings is 1. The fraction of sp³-hybridized carbons (Fsp3) is 0.467. The summed E-state index contributed by atoms with van der Waals surface area (Å²) in [6.45, 7) is 8.93. The summed E-state index contributed by atoms with van der Waals surface area (Å²) in [4.78, 5) is 0.430. The molecule has 0 aromatic heterocycles. The topological polar surface area (TPSA) is 0 Å². The van der Waals surface area contributed by atoms with Crippen LogP contribution in [0, 0.1) is 0 Å². The molecule has 0 aliphatic rings. The summed E-state index contributed by atoms with van der Waals surface area (Å²) in [6, 6.07) is 8.86. The predicted molar refractivity (Wildman–Crippen MR) is 77.2 cm³/mol. The van der Waals surface area contributed by atoms with Gasteiger partial charge in [0.05, 0.1) is 0 Å². The van der Waals surface area contributed by atoms with E-state index in [1.54, 1.807) is 0 Å². The van der Waals surface area contributed by atoms with Crippen LogP contribution in [0.1, 0.15) is 45.2 Å². The molecule has 1 heteroatoms. The van der Waals surface area contributed by atoms with Crippen molar-refractivity contribution >= 4 is 22.0 Å². The third kappa shape index (κ3) is 3.79. The van der Waals surface area contributed by atoms with Crippen LogP contribution < -0.4 is 0 Å². The molecule has 0 N–H and O–H groups in total. The molecule has 1 rings (SSSR count). The largest absolute Gasteiger partial charge is 0.0848 e. The Labute approximate surface area is 108 Å². The van der Waals surface area contributed by atoms with E-state index >= 15 is 0 Å². The maximum absolute atomic E-state index is 3.50. The van der Waals surface area contributed by atoms with Gasteiger partial charge in [-0.25, -0.2) is 0 Å². The summed E-state index contributed by atoms with van der Waals surface area (Å²) >= 11 is 3.50. The Morgan fingerprint density at radius 2 is 1.81 bits per heavy atom. The lowest BCUT2D eigenvalue weighted by molar-refractivity contribution is 0.506. The first kappa shape index (κ1) is 13.5. The van der Waals surface area contributed by atoms with Crippen LogP contribution in [0.5, 0.6) is 0 Å². The van der Waals surface area contributed by atoms with Gasteiger partial charge in [-0.05, 0) is 29.9 Å². The third-order valence-electron chi connectivity index (χ3n) is 3.13. The first-order valence-electron chi connectivity index (χ1n) is 5.88. The predicted octanol–water partition coefficient (Wildman–Crippen LogP) is 5.17. The summed E-state index contributed by atoms with van der Waals surface area (Å²) < 4.78 is 0. The van der Waals surface area contributed by atoms with Crippen molar-refractivity contribution in [2.45, 2.75) is 44.4 Å². The normalized spacial score (nSPS) is 14.3. The maximum atomic E-state index is 3.50. The van der Waals surface area contributed by atoms with Crippen molar-refractivity contribution in [1.29, 1.82) is 0 Å². The fourth-order valence-electron chi connectivity index (χ4n) is 1.49. The highest BCUT2D eigenvalue weighted by Gasteiger charge is 2.16. The van der Waals surface area contributed by atoms with Gasteiger partial charge in [-0.2, -0.15) is 0 Å². The van der Waals surface area contributed by atoms with E-state index in [9.17, 15) is 0 Å². The molecule has 0 saturated heterocycles. The van der Waals surface area contributed by atoms with Crippen LogP contribution >= 0.6 is 15.9 Å². The molecule has 1 aromatic carbocycles. The van der Waals surface area contributed by atoms with Gasteiger partial charge >= 0.3 is 0 Å². The lowest BCUT2D eigenvalue weighted by Crippen LogP contribution is -2.14. The van der Waals surface area contributed by atoms with Crippen molar-refractivity contribution in [1.82, 2.24) is 0 Å². The number of hydrogen-bond donors (Lipinski definition) is 0. The monoisotopic (exact) mass is 280 g/mol. The number of alkyl halides is 1. The molecule has 0 amide bonds. The van der Waals surface area contributed by atoms with Crippen molar-refractivity contribution in [3.8, 4) is 0 Å². The van der Waals surface area contributed by atoms with Gasteiger partial charge in [-0.3, -0.25) is 0 Å². The summed E-state index contributed by atoms with van der Waals surface area (Å²) in [5.41, 5.74) is 2.96. The van der Waals surface area contributed by atoms with E-state index in [0.29, 0.717) is 4.83 Å². The van der Waals surface area contributed by atoms with Gasteiger partial charge in [0.2, 0.25) is 0 Å². The zero-order valence-electron chi connectivity index (χ0n) is 10.6. The van der Waals surface area contributed by atoms with E-state index in [1.807, 2.05) is 0 Å². The summed E-state index contributed by atoms with van der Waals surface area (Å²) in [5, 5.41) is 0. The molecule has 0 saturated carbocycles. The Morgan fingerprint density at radius 1 is 1.25 bits per heavy atom. The minimum Gasteiger partial charge on any atom is -0.0848 e. The van der Waals surface area contributed by atoms with Gasteiger partial charge in [0.25, 0.3) is 0 Å². The van der Waals surface area contributed by atoms with Crippen LogP contribution in [0.15, 0.2) is 30.3 Å². The molecule has 0 aliphatic carbocycles. The number of hydrogen-bond acceptors (Lipinski definition) is 0. The first-order valence-corrected chi connectivity index (χ1v) is 6.80. The molecular weight excluding hydrogens is 260 g/mol. The molecule has 1 atom stereocenters. The third-order valence-corrected chi connectivity index (χ3v) is 3.44. The number of allylic oxidation sites excluding steroid dienone is 1. The molecule has 0 nitrogen and oxygen atoms in total. The van der Waals surface area contributed by atoms with E-state index < -0.39 is 0 Å². The van der Waals surface area contributed by atoms with Gasteiger partial charge in [0, 0.05) is 4.83 Å². The highest BCUT2D eigenvalue weighted by atomic mass is 79.9. The molecule has 0 spiro atoms. The van der Waals surface area contributed by atoms with E-state index in [0.717, 1.165) is 0 Å². The summed E-state index contributed by atoms with van der Waals surface area (Å²) in [5.74, 6) is 0. The van der Waals surface area contributed by atoms with Crippen LogP contribution in [-0.4, -0.2) is 4.83 Å². The quantitative estimate of drug-likeness (QED) is 0.668. The minimum absolute atomic E-state index is 0.283. The zero-order valence-corrected chi connectivity index (χ0v) is 12.2. The lowest BCUT2D eigenvalue weighted by atomic mass is 9.82. The molecule has 0 bridgehead atoms. The Kier molecular flexibility index (Phi) is 4.79.